The molecular formula is C10H21N3O3S. The van der Waals surface area contributed by atoms with Crippen LogP contribution in [0.3, 0.4) is 0 Å². The zero-order chi connectivity index (χ0) is 12.9. The molecule has 17 heavy (non-hydrogen) atoms. The fraction of sp³-hybridized carbons (Fsp3) is 0.900. The van der Waals surface area contributed by atoms with Gasteiger partial charge in [0.1, 0.15) is 0 Å². The third-order valence-corrected chi connectivity index (χ3v) is 4.82. The zero-order valence-electron chi connectivity index (χ0n) is 10.5. The Kier molecular flexibility index (Phi) is 5.35. The van der Waals surface area contributed by atoms with E-state index in [0.29, 0.717) is 39.1 Å². The third kappa shape index (κ3) is 3.93. The topological polar surface area (TPSA) is 69.7 Å². The molecule has 0 spiro atoms. The Bertz CT molecular complexity index is 348. The summed E-state index contributed by atoms with van der Waals surface area (Å²) in [6.07, 6.45) is 0.469. The number of carbonyl (C=O) groups is 1. The predicted molar refractivity (Wildman–Crippen MR) is 66.2 cm³/mol. The molecule has 6 nitrogen and oxygen atoms in total. The van der Waals surface area contributed by atoms with Crippen LogP contribution in [0.15, 0.2) is 0 Å². The van der Waals surface area contributed by atoms with Crippen molar-refractivity contribution >= 4 is 15.9 Å². The number of amides is 1. The Morgan fingerprint density at radius 1 is 1.24 bits per heavy atom. The number of nitrogens with zero attached hydrogens (tertiary/aromatic N) is 2. The fourth-order valence-corrected chi connectivity index (χ4v) is 2.87. The standard InChI is InChI=1S/C10H21N3O3S/c1-3-17(15,16)13-8-6-12(7-9-13)10(14)4-5-11-2/h11H,3-9H2,1-2H3. The van der Waals surface area contributed by atoms with Crippen LogP contribution in [0.1, 0.15) is 13.3 Å². The van der Waals surface area contributed by atoms with Gasteiger partial charge in [0.2, 0.25) is 15.9 Å². The lowest BCUT2D eigenvalue weighted by Gasteiger charge is -2.33. The number of rotatable bonds is 5. The molecule has 1 aliphatic rings. The number of sulfonamides is 1. The summed E-state index contributed by atoms with van der Waals surface area (Å²) in [5.74, 6) is 0.216. The molecule has 0 aliphatic carbocycles. The molecular weight excluding hydrogens is 242 g/mol. The molecule has 7 heteroatoms. The normalized spacial score (nSPS) is 18.4. The van der Waals surface area contributed by atoms with Crippen LogP contribution in [-0.4, -0.2) is 69.1 Å². The quantitative estimate of drug-likeness (QED) is 0.697. The highest BCUT2D eigenvalue weighted by Crippen LogP contribution is 2.08. The van der Waals surface area contributed by atoms with Crippen molar-refractivity contribution in [2.24, 2.45) is 0 Å². The average molecular weight is 263 g/mol. The second kappa shape index (κ2) is 6.32. The van der Waals surface area contributed by atoms with E-state index in [1.54, 1.807) is 18.9 Å². The van der Waals surface area contributed by atoms with E-state index in [9.17, 15) is 13.2 Å². The molecule has 0 radical (unpaired) electrons. The van der Waals surface area contributed by atoms with Gasteiger partial charge in [0.25, 0.3) is 0 Å². The zero-order valence-corrected chi connectivity index (χ0v) is 11.3. The first-order valence-electron chi connectivity index (χ1n) is 5.91. The maximum atomic E-state index is 11.7. The lowest BCUT2D eigenvalue weighted by Crippen LogP contribution is -2.51. The van der Waals surface area contributed by atoms with Crippen molar-refractivity contribution in [3.8, 4) is 0 Å². The molecule has 0 atom stereocenters. The first-order chi connectivity index (χ1) is 8.01. The molecule has 1 aliphatic heterocycles. The minimum atomic E-state index is -3.10. The smallest absolute Gasteiger partial charge is 0.223 e. The Labute approximate surface area is 103 Å². The van der Waals surface area contributed by atoms with E-state index in [1.807, 2.05) is 0 Å². The largest absolute Gasteiger partial charge is 0.340 e. The molecule has 100 valence electrons. The van der Waals surface area contributed by atoms with Gasteiger partial charge >= 0.3 is 0 Å². The van der Waals surface area contributed by atoms with E-state index in [4.69, 9.17) is 0 Å². The van der Waals surface area contributed by atoms with E-state index in [2.05, 4.69) is 5.32 Å². The van der Waals surface area contributed by atoms with Crippen molar-refractivity contribution in [3.63, 3.8) is 0 Å². The van der Waals surface area contributed by atoms with Crippen LogP contribution in [-0.2, 0) is 14.8 Å². The van der Waals surface area contributed by atoms with Gasteiger partial charge in [-0.15, -0.1) is 0 Å². The van der Waals surface area contributed by atoms with Crippen molar-refractivity contribution in [1.29, 1.82) is 0 Å². The summed E-state index contributed by atoms with van der Waals surface area (Å²) in [4.78, 5) is 13.4. The number of nitrogens with one attached hydrogen (secondary N) is 1. The Hall–Kier alpha value is -0.660. The summed E-state index contributed by atoms with van der Waals surface area (Å²) in [6.45, 7) is 4.14. The maximum absolute atomic E-state index is 11.7. The van der Waals surface area contributed by atoms with Crippen molar-refractivity contribution in [2.45, 2.75) is 13.3 Å². The summed E-state index contributed by atoms with van der Waals surface area (Å²) in [6, 6.07) is 0. The second-order valence-electron chi connectivity index (χ2n) is 4.03. The molecule has 0 saturated carbocycles. The molecule has 1 N–H and O–H groups in total. The van der Waals surface area contributed by atoms with E-state index in [-0.39, 0.29) is 11.7 Å². The lowest BCUT2D eigenvalue weighted by molar-refractivity contribution is -0.132. The average Bonchev–Trinajstić information content (AvgIpc) is 2.36. The number of hydrogen-bond acceptors (Lipinski definition) is 4. The Balaban J connectivity index is 2.43. The summed E-state index contributed by atoms with van der Waals surface area (Å²) < 4.78 is 24.7. The highest BCUT2D eigenvalue weighted by molar-refractivity contribution is 7.89. The van der Waals surface area contributed by atoms with Crippen LogP contribution in [0.25, 0.3) is 0 Å². The molecule has 0 unspecified atom stereocenters. The minimum absolute atomic E-state index is 0.0906. The number of carbonyl (C=O) groups excluding carboxylic acids is 1. The van der Waals surface area contributed by atoms with Gasteiger partial charge in [0.15, 0.2) is 0 Å². The summed E-state index contributed by atoms with van der Waals surface area (Å²) in [5, 5.41) is 2.93. The maximum Gasteiger partial charge on any atom is 0.223 e. The summed E-state index contributed by atoms with van der Waals surface area (Å²) in [5.41, 5.74) is 0. The first-order valence-corrected chi connectivity index (χ1v) is 7.52. The van der Waals surface area contributed by atoms with Crippen LogP contribution < -0.4 is 5.32 Å². The van der Waals surface area contributed by atoms with Gasteiger partial charge in [-0.2, -0.15) is 4.31 Å². The fourth-order valence-electron chi connectivity index (χ4n) is 1.79. The summed E-state index contributed by atoms with van der Waals surface area (Å²) >= 11 is 0. The number of piperazine rings is 1. The number of hydrogen-bond donors (Lipinski definition) is 1. The van der Waals surface area contributed by atoms with E-state index < -0.39 is 10.0 Å². The lowest BCUT2D eigenvalue weighted by atomic mass is 10.3. The van der Waals surface area contributed by atoms with Gasteiger partial charge in [0, 0.05) is 39.1 Å². The van der Waals surface area contributed by atoms with Crippen LogP contribution in [0.5, 0.6) is 0 Å². The Morgan fingerprint density at radius 3 is 2.29 bits per heavy atom. The van der Waals surface area contributed by atoms with Crippen molar-refractivity contribution < 1.29 is 13.2 Å². The summed E-state index contributed by atoms with van der Waals surface area (Å²) in [7, 11) is -1.30. The highest BCUT2D eigenvalue weighted by Gasteiger charge is 2.27. The van der Waals surface area contributed by atoms with Crippen molar-refractivity contribution in [1.82, 2.24) is 14.5 Å². The molecule has 0 aromatic carbocycles. The monoisotopic (exact) mass is 263 g/mol. The van der Waals surface area contributed by atoms with Gasteiger partial charge in [0.05, 0.1) is 5.75 Å². The molecule has 1 amide bonds. The third-order valence-electron chi connectivity index (χ3n) is 2.94. The molecule has 1 saturated heterocycles. The first kappa shape index (κ1) is 14.4. The molecule has 0 aromatic rings. The van der Waals surface area contributed by atoms with Crippen LogP contribution >= 0.6 is 0 Å². The SMILES string of the molecule is CCS(=O)(=O)N1CCN(C(=O)CCNC)CC1. The van der Waals surface area contributed by atoms with E-state index >= 15 is 0 Å². The minimum Gasteiger partial charge on any atom is -0.340 e. The van der Waals surface area contributed by atoms with Gasteiger partial charge in [-0.1, -0.05) is 0 Å². The van der Waals surface area contributed by atoms with Crippen LogP contribution in [0.4, 0.5) is 0 Å². The molecule has 0 bridgehead atoms. The van der Waals surface area contributed by atoms with Crippen molar-refractivity contribution in [2.75, 3.05) is 45.5 Å². The van der Waals surface area contributed by atoms with Gasteiger partial charge < -0.3 is 10.2 Å². The van der Waals surface area contributed by atoms with Gasteiger partial charge in [-0.25, -0.2) is 8.42 Å². The molecule has 1 heterocycles. The van der Waals surface area contributed by atoms with Gasteiger partial charge in [-0.05, 0) is 14.0 Å². The highest BCUT2D eigenvalue weighted by atomic mass is 32.2. The second-order valence-corrected chi connectivity index (χ2v) is 6.29. The van der Waals surface area contributed by atoms with E-state index in [1.165, 1.54) is 4.31 Å². The molecule has 0 aromatic heterocycles. The van der Waals surface area contributed by atoms with Gasteiger partial charge in [-0.3, -0.25) is 4.79 Å². The van der Waals surface area contributed by atoms with Crippen LogP contribution in [0.2, 0.25) is 0 Å². The van der Waals surface area contributed by atoms with Crippen LogP contribution in [0, 0.1) is 0 Å². The van der Waals surface area contributed by atoms with Crippen molar-refractivity contribution in [3.05, 3.63) is 0 Å². The predicted octanol–water partition coefficient (Wildman–Crippen LogP) is -0.910. The van der Waals surface area contributed by atoms with E-state index in [0.717, 1.165) is 0 Å². The molecule has 1 rings (SSSR count). The molecule has 1 fully saturated rings. The Morgan fingerprint density at radius 2 is 1.82 bits per heavy atom.